The number of carboxylic acids is 1. The van der Waals surface area contributed by atoms with E-state index in [9.17, 15) is 14.0 Å². The van der Waals surface area contributed by atoms with Gasteiger partial charge in [0.15, 0.2) is 0 Å². The third-order valence-electron chi connectivity index (χ3n) is 2.76. The summed E-state index contributed by atoms with van der Waals surface area (Å²) in [5, 5.41) is 11.3. The van der Waals surface area contributed by atoms with Crippen LogP contribution in [0.3, 0.4) is 0 Å². The number of carbonyl (C=O) groups is 2. The molecule has 1 aromatic rings. The molecule has 1 amide bonds. The van der Waals surface area contributed by atoms with Gasteiger partial charge in [-0.2, -0.15) is 0 Å². The number of benzene rings is 1. The Morgan fingerprint density at radius 3 is 2.74 bits per heavy atom. The van der Waals surface area contributed by atoms with E-state index in [1.54, 1.807) is 0 Å². The lowest BCUT2D eigenvalue weighted by Crippen LogP contribution is -2.30. The van der Waals surface area contributed by atoms with E-state index in [1.165, 1.54) is 12.1 Å². The van der Waals surface area contributed by atoms with Crippen molar-refractivity contribution in [3.05, 3.63) is 34.1 Å². The summed E-state index contributed by atoms with van der Waals surface area (Å²) in [5.41, 5.74) is 0.199. The number of hydrogen-bond donors (Lipinski definition) is 2. The van der Waals surface area contributed by atoms with Crippen LogP contribution >= 0.6 is 15.9 Å². The maximum Gasteiger partial charge on any atom is 0.303 e. The van der Waals surface area contributed by atoms with E-state index in [1.807, 2.05) is 6.92 Å². The number of halogens is 2. The van der Waals surface area contributed by atoms with E-state index < -0.39 is 17.7 Å². The largest absolute Gasteiger partial charge is 0.481 e. The number of nitrogens with one attached hydrogen (secondary N) is 1. The molecule has 0 aliphatic heterocycles. The lowest BCUT2D eigenvalue weighted by Gasteiger charge is -2.14. The summed E-state index contributed by atoms with van der Waals surface area (Å²) >= 11 is 3.17. The van der Waals surface area contributed by atoms with Crippen LogP contribution in [-0.4, -0.2) is 23.5 Å². The minimum Gasteiger partial charge on any atom is -0.481 e. The Morgan fingerprint density at radius 1 is 1.47 bits per heavy atom. The number of aliphatic carboxylic acids is 1. The van der Waals surface area contributed by atoms with E-state index in [0.29, 0.717) is 10.9 Å². The summed E-state index contributed by atoms with van der Waals surface area (Å²) in [6.07, 6.45) is 0.651. The first-order valence-electron chi connectivity index (χ1n) is 5.89. The lowest BCUT2D eigenvalue weighted by atomic mass is 10.0. The molecular weight excluding hydrogens is 317 g/mol. The highest BCUT2D eigenvalue weighted by Gasteiger charge is 2.15. The van der Waals surface area contributed by atoms with Crippen molar-refractivity contribution in [2.24, 2.45) is 5.92 Å². The Bertz CT molecular complexity index is 479. The van der Waals surface area contributed by atoms with Crippen LogP contribution in [0.5, 0.6) is 0 Å². The Balaban J connectivity index is 2.64. The molecule has 0 heterocycles. The Hall–Kier alpha value is -1.43. The molecule has 0 bridgehead atoms. The number of amides is 1. The average molecular weight is 332 g/mol. The maximum atomic E-state index is 13.1. The van der Waals surface area contributed by atoms with Gasteiger partial charge >= 0.3 is 5.97 Å². The van der Waals surface area contributed by atoms with Crippen molar-refractivity contribution < 1.29 is 19.1 Å². The van der Waals surface area contributed by atoms with Gasteiger partial charge in [0, 0.05) is 17.4 Å². The summed E-state index contributed by atoms with van der Waals surface area (Å²) in [6.45, 7) is 2.11. The molecule has 1 rings (SSSR count). The van der Waals surface area contributed by atoms with Gasteiger partial charge in [-0.3, -0.25) is 9.59 Å². The van der Waals surface area contributed by atoms with Crippen molar-refractivity contribution in [1.82, 2.24) is 5.32 Å². The number of hydrogen-bond acceptors (Lipinski definition) is 2. The Kier molecular flexibility index (Phi) is 5.95. The first kappa shape index (κ1) is 15.6. The summed E-state index contributed by atoms with van der Waals surface area (Å²) < 4.78 is 13.6. The molecule has 19 heavy (non-hydrogen) atoms. The van der Waals surface area contributed by atoms with Crippen LogP contribution < -0.4 is 5.32 Å². The molecule has 0 spiro atoms. The molecule has 0 aliphatic rings. The highest BCUT2D eigenvalue weighted by atomic mass is 79.9. The molecule has 6 heteroatoms. The van der Waals surface area contributed by atoms with Gasteiger partial charge in [0.25, 0.3) is 5.91 Å². The Labute approximate surface area is 119 Å². The third kappa shape index (κ3) is 4.98. The fourth-order valence-electron chi connectivity index (χ4n) is 1.61. The maximum absolute atomic E-state index is 13.1. The molecular formula is C13H15BrFNO3. The Morgan fingerprint density at radius 2 is 2.16 bits per heavy atom. The molecule has 104 valence electrons. The fourth-order valence-corrected chi connectivity index (χ4v) is 2.04. The number of carbonyl (C=O) groups excluding carboxylic acids is 1. The fraction of sp³-hybridized carbons (Fsp3) is 0.385. The summed E-state index contributed by atoms with van der Waals surface area (Å²) in [5.74, 6) is -1.94. The first-order chi connectivity index (χ1) is 8.93. The predicted octanol–water partition coefficient (Wildman–Crippen LogP) is 2.82. The second kappa shape index (κ2) is 7.23. The average Bonchev–Trinajstić information content (AvgIpc) is 2.36. The normalized spacial score (nSPS) is 11.9. The quantitative estimate of drug-likeness (QED) is 0.842. The van der Waals surface area contributed by atoms with Crippen molar-refractivity contribution in [3.8, 4) is 0 Å². The van der Waals surface area contributed by atoms with Gasteiger partial charge in [-0.15, -0.1) is 0 Å². The van der Waals surface area contributed by atoms with Gasteiger partial charge in [-0.05, 0) is 40.0 Å². The van der Waals surface area contributed by atoms with E-state index in [0.717, 1.165) is 6.07 Å². The predicted molar refractivity (Wildman–Crippen MR) is 72.5 cm³/mol. The van der Waals surface area contributed by atoms with Gasteiger partial charge in [0.1, 0.15) is 5.82 Å². The molecule has 2 N–H and O–H groups in total. The minimum absolute atomic E-state index is 0.00109. The second-order valence-electron chi connectivity index (χ2n) is 4.21. The molecule has 1 atom stereocenters. The van der Waals surface area contributed by atoms with Crippen molar-refractivity contribution in [2.75, 3.05) is 6.54 Å². The topological polar surface area (TPSA) is 66.4 Å². The third-order valence-corrected chi connectivity index (χ3v) is 3.46. The number of carboxylic acid groups (broad SMARTS) is 1. The standard InChI is InChI=1S/C13H15BrFNO3/c1-2-8(5-12(17)18)7-16-13(19)10-6-9(15)3-4-11(10)14/h3-4,6,8H,2,5,7H2,1H3,(H,16,19)(H,17,18). The zero-order valence-electron chi connectivity index (χ0n) is 10.5. The van der Waals surface area contributed by atoms with E-state index in [-0.39, 0.29) is 24.4 Å². The van der Waals surface area contributed by atoms with Crippen molar-refractivity contribution in [3.63, 3.8) is 0 Å². The van der Waals surface area contributed by atoms with Crippen LogP contribution in [0.2, 0.25) is 0 Å². The van der Waals surface area contributed by atoms with Gasteiger partial charge < -0.3 is 10.4 Å². The minimum atomic E-state index is -0.895. The number of rotatable bonds is 6. The lowest BCUT2D eigenvalue weighted by molar-refractivity contribution is -0.138. The smallest absolute Gasteiger partial charge is 0.303 e. The van der Waals surface area contributed by atoms with Gasteiger partial charge in [-0.1, -0.05) is 13.3 Å². The van der Waals surface area contributed by atoms with Crippen LogP contribution in [0.1, 0.15) is 30.1 Å². The molecule has 0 fully saturated rings. The summed E-state index contributed by atoms with van der Waals surface area (Å²) in [6, 6.07) is 3.84. The highest BCUT2D eigenvalue weighted by Crippen LogP contribution is 2.18. The molecule has 0 aromatic heterocycles. The SMILES string of the molecule is CCC(CNC(=O)c1cc(F)ccc1Br)CC(=O)O. The second-order valence-corrected chi connectivity index (χ2v) is 5.06. The van der Waals surface area contributed by atoms with Crippen LogP contribution in [0.15, 0.2) is 22.7 Å². The molecule has 1 aromatic carbocycles. The van der Waals surface area contributed by atoms with Crippen LogP contribution in [0.4, 0.5) is 4.39 Å². The molecule has 0 saturated carbocycles. The van der Waals surface area contributed by atoms with Crippen molar-refractivity contribution >= 4 is 27.8 Å². The summed E-state index contributed by atoms with van der Waals surface area (Å²) in [4.78, 5) is 22.5. The molecule has 4 nitrogen and oxygen atoms in total. The van der Waals surface area contributed by atoms with E-state index in [4.69, 9.17) is 5.11 Å². The monoisotopic (exact) mass is 331 g/mol. The van der Waals surface area contributed by atoms with Gasteiger partial charge in [-0.25, -0.2) is 4.39 Å². The van der Waals surface area contributed by atoms with Crippen molar-refractivity contribution in [2.45, 2.75) is 19.8 Å². The molecule has 1 unspecified atom stereocenters. The van der Waals surface area contributed by atoms with Crippen molar-refractivity contribution in [1.29, 1.82) is 0 Å². The molecule has 0 aliphatic carbocycles. The van der Waals surface area contributed by atoms with Crippen LogP contribution in [-0.2, 0) is 4.79 Å². The zero-order chi connectivity index (χ0) is 14.4. The van der Waals surface area contributed by atoms with E-state index >= 15 is 0 Å². The first-order valence-corrected chi connectivity index (χ1v) is 6.68. The van der Waals surface area contributed by atoms with Gasteiger partial charge in [0.05, 0.1) is 5.56 Å². The molecule has 0 radical (unpaired) electrons. The van der Waals surface area contributed by atoms with Gasteiger partial charge in [0.2, 0.25) is 0 Å². The molecule has 0 saturated heterocycles. The van der Waals surface area contributed by atoms with E-state index in [2.05, 4.69) is 21.2 Å². The summed E-state index contributed by atoms with van der Waals surface area (Å²) in [7, 11) is 0. The highest BCUT2D eigenvalue weighted by molar-refractivity contribution is 9.10. The van der Waals surface area contributed by atoms with Crippen LogP contribution in [0.25, 0.3) is 0 Å². The zero-order valence-corrected chi connectivity index (χ0v) is 12.0. The van der Waals surface area contributed by atoms with Crippen LogP contribution in [0, 0.1) is 11.7 Å².